The van der Waals surface area contributed by atoms with Gasteiger partial charge in [-0.15, -0.1) is 0 Å². The van der Waals surface area contributed by atoms with Gasteiger partial charge in [0, 0.05) is 32.7 Å². The monoisotopic (exact) mass is 327 g/mol. The van der Waals surface area contributed by atoms with Crippen LogP contribution in [0.3, 0.4) is 0 Å². The number of hydrogen-bond acceptors (Lipinski definition) is 5. The van der Waals surface area contributed by atoms with E-state index in [1.807, 2.05) is 0 Å². The van der Waals surface area contributed by atoms with Crippen LogP contribution in [0.1, 0.15) is 19.3 Å². The fraction of sp³-hybridized carbons (Fsp3) is 0.733. The molecule has 0 bridgehead atoms. The summed E-state index contributed by atoms with van der Waals surface area (Å²) in [6, 6.07) is 0. The first-order valence-electron chi connectivity index (χ1n) is 7.81. The predicted octanol–water partition coefficient (Wildman–Crippen LogP) is 1.46. The molecule has 6 nitrogen and oxygen atoms in total. The van der Waals surface area contributed by atoms with Gasteiger partial charge in [0.25, 0.3) is 5.56 Å². The predicted molar refractivity (Wildman–Crippen MR) is 84.6 cm³/mol. The van der Waals surface area contributed by atoms with Crippen LogP contribution in [0.25, 0.3) is 0 Å². The molecule has 2 aliphatic heterocycles. The second-order valence-electron chi connectivity index (χ2n) is 6.02. The summed E-state index contributed by atoms with van der Waals surface area (Å²) in [5.41, 5.74) is 0.478. The minimum absolute atomic E-state index is 0.250. The second kappa shape index (κ2) is 6.98. The summed E-state index contributed by atoms with van der Waals surface area (Å²) < 4.78 is 12.6. The van der Waals surface area contributed by atoms with Crippen molar-refractivity contribution in [2.75, 3.05) is 37.8 Å². The maximum Gasteiger partial charge on any atom is 0.287 e. The molecule has 1 aromatic heterocycles. The van der Waals surface area contributed by atoms with E-state index >= 15 is 0 Å². The van der Waals surface area contributed by atoms with Gasteiger partial charge in [-0.3, -0.25) is 4.79 Å². The lowest BCUT2D eigenvalue weighted by atomic mass is 10.1. The zero-order valence-corrected chi connectivity index (χ0v) is 13.6. The number of aryl methyl sites for hydroxylation is 1. The van der Waals surface area contributed by atoms with E-state index < -0.39 is 0 Å². The van der Waals surface area contributed by atoms with Crippen LogP contribution in [0.5, 0.6) is 0 Å². The minimum Gasteiger partial charge on any atom is -0.381 e. The molecule has 2 aliphatic rings. The van der Waals surface area contributed by atoms with Gasteiger partial charge in [0.15, 0.2) is 0 Å². The van der Waals surface area contributed by atoms with E-state index in [1.54, 1.807) is 13.2 Å². The standard InChI is InChI=1S/C15H22ClN3O3/c1-18-15(20)14(16)13(8-17-18)19-5-2-12(3-6-19)22-10-11-4-7-21-9-11/h8,11-12H,2-7,9-10H2,1H3. The number of piperidine rings is 1. The maximum atomic E-state index is 11.9. The van der Waals surface area contributed by atoms with Crippen LogP contribution < -0.4 is 10.5 Å². The summed E-state index contributed by atoms with van der Waals surface area (Å²) in [7, 11) is 1.60. The number of nitrogens with zero attached hydrogens (tertiary/aromatic N) is 3. The van der Waals surface area contributed by atoms with Gasteiger partial charge in [-0.2, -0.15) is 5.10 Å². The Hall–Kier alpha value is -1.11. The molecule has 0 saturated carbocycles. The van der Waals surface area contributed by atoms with Crippen molar-refractivity contribution < 1.29 is 9.47 Å². The van der Waals surface area contributed by atoms with E-state index in [0.717, 1.165) is 57.9 Å². The molecule has 0 spiro atoms. The van der Waals surface area contributed by atoms with E-state index in [1.165, 1.54) is 4.68 Å². The summed E-state index contributed by atoms with van der Waals surface area (Å²) in [5, 5.41) is 4.31. The molecule has 3 rings (SSSR count). The van der Waals surface area contributed by atoms with E-state index in [9.17, 15) is 4.79 Å². The Morgan fingerprint density at radius 2 is 2.18 bits per heavy atom. The third kappa shape index (κ3) is 3.45. The SMILES string of the molecule is Cn1ncc(N2CCC(OCC3CCOC3)CC2)c(Cl)c1=O. The first-order valence-corrected chi connectivity index (χ1v) is 8.19. The van der Waals surface area contributed by atoms with Crippen LogP contribution in [0.15, 0.2) is 11.0 Å². The van der Waals surface area contributed by atoms with Crippen molar-refractivity contribution in [2.45, 2.75) is 25.4 Å². The smallest absolute Gasteiger partial charge is 0.287 e. The summed E-state index contributed by atoms with van der Waals surface area (Å²) in [6.45, 7) is 4.15. The summed E-state index contributed by atoms with van der Waals surface area (Å²) in [5.74, 6) is 0.550. The summed E-state index contributed by atoms with van der Waals surface area (Å²) >= 11 is 6.16. The molecule has 122 valence electrons. The molecule has 0 radical (unpaired) electrons. The van der Waals surface area contributed by atoms with Crippen molar-refractivity contribution in [3.63, 3.8) is 0 Å². The molecular weight excluding hydrogens is 306 g/mol. The first-order chi connectivity index (χ1) is 10.6. The van der Waals surface area contributed by atoms with Gasteiger partial charge in [0.1, 0.15) is 5.02 Å². The Balaban J connectivity index is 1.53. The molecule has 0 aromatic carbocycles. The molecule has 2 saturated heterocycles. The highest BCUT2D eigenvalue weighted by atomic mass is 35.5. The van der Waals surface area contributed by atoms with Crippen LogP contribution >= 0.6 is 11.6 Å². The molecule has 1 unspecified atom stereocenters. The fourth-order valence-corrected chi connectivity index (χ4v) is 3.26. The van der Waals surface area contributed by atoms with E-state index in [0.29, 0.717) is 5.92 Å². The molecule has 2 fully saturated rings. The lowest BCUT2D eigenvalue weighted by Gasteiger charge is -2.34. The van der Waals surface area contributed by atoms with Gasteiger partial charge in [-0.05, 0) is 19.3 Å². The van der Waals surface area contributed by atoms with Gasteiger partial charge in [0.05, 0.1) is 31.2 Å². The zero-order valence-electron chi connectivity index (χ0n) is 12.8. The normalized spacial score (nSPS) is 23.2. The number of ether oxygens (including phenoxy) is 2. The Labute approximate surface area is 135 Å². The first kappa shape index (κ1) is 15.8. The lowest BCUT2D eigenvalue weighted by Crippen LogP contribution is -2.39. The van der Waals surface area contributed by atoms with Crippen molar-refractivity contribution in [1.82, 2.24) is 9.78 Å². The Kier molecular flexibility index (Phi) is 5.00. The highest BCUT2D eigenvalue weighted by molar-refractivity contribution is 6.33. The number of hydrogen-bond donors (Lipinski definition) is 0. The van der Waals surface area contributed by atoms with Gasteiger partial charge < -0.3 is 14.4 Å². The third-order valence-electron chi connectivity index (χ3n) is 4.43. The minimum atomic E-state index is -0.251. The average molecular weight is 328 g/mol. The van der Waals surface area contributed by atoms with E-state index in [4.69, 9.17) is 21.1 Å². The Bertz CT molecular complexity index is 564. The van der Waals surface area contributed by atoms with Crippen molar-refractivity contribution in [3.8, 4) is 0 Å². The maximum absolute atomic E-state index is 11.9. The van der Waals surface area contributed by atoms with Crippen LogP contribution in [0, 0.1) is 5.92 Å². The van der Waals surface area contributed by atoms with Crippen molar-refractivity contribution >= 4 is 17.3 Å². The Morgan fingerprint density at radius 1 is 1.41 bits per heavy atom. The number of halogens is 1. The molecule has 1 atom stereocenters. The number of anilines is 1. The largest absolute Gasteiger partial charge is 0.381 e. The van der Waals surface area contributed by atoms with Crippen molar-refractivity contribution in [1.29, 1.82) is 0 Å². The molecule has 0 N–H and O–H groups in total. The number of aromatic nitrogens is 2. The van der Waals surface area contributed by atoms with Crippen LogP contribution in [-0.2, 0) is 16.5 Å². The Morgan fingerprint density at radius 3 is 2.86 bits per heavy atom. The van der Waals surface area contributed by atoms with Crippen LogP contribution in [0.2, 0.25) is 5.02 Å². The molecule has 22 heavy (non-hydrogen) atoms. The van der Waals surface area contributed by atoms with Gasteiger partial charge in [-0.1, -0.05) is 11.6 Å². The van der Waals surface area contributed by atoms with Crippen molar-refractivity contribution in [3.05, 3.63) is 21.6 Å². The third-order valence-corrected chi connectivity index (χ3v) is 4.79. The topological polar surface area (TPSA) is 56.6 Å². The van der Waals surface area contributed by atoms with E-state index in [-0.39, 0.29) is 16.7 Å². The number of rotatable bonds is 4. The zero-order chi connectivity index (χ0) is 15.5. The lowest BCUT2D eigenvalue weighted by molar-refractivity contribution is 0.0131. The molecule has 7 heteroatoms. The van der Waals surface area contributed by atoms with Crippen LogP contribution in [-0.4, -0.2) is 48.8 Å². The van der Waals surface area contributed by atoms with E-state index in [2.05, 4.69) is 10.00 Å². The fourth-order valence-electron chi connectivity index (χ4n) is 2.97. The van der Waals surface area contributed by atoms with Crippen LogP contribution in [0.4, 0.5) is 5.69 Å². The highest BCUT2D eigenvalue weighted by Crippen LogP contribution is 2.26. The van der Waals surface area contributed by atoms with Crippen molar-refractivity contribution in [2.24, 2.45) is 13.0 Å². The molecule has 0 amide bonds. The van der Waals surface area contributed by atoms with Gasteiger partial charge in [0.2, 0.25) is 0 Å². The van der Waals surface area contributed by atoms with Gasteiger partial charge >= 0.3 is 0 Å². The average Bonchev–Trinajstić information content (AvgIpc) is 3.05. The molecular formula is C15H22ClN3O3. The second-order valence-corrected chi connectivity index (χ2v) is 6.40. The highest BCUT2D eigenvalue weighted by Gasteiger charge is 2.24. The quantitative estimate of drug-likeness (QED) is 0.838. The molecule has 1 aromatic rings. The molecule has 3 heterocycles. The molecule has 0 aliphatic carbocycles. The summed E-state index contributed by atoms with van der Waals surface area (Å²) in [4.78, 5) is 14.0. The summed E-state index contributed by atoms with van der Waals surface area (Å²) in [6.07, 6.45) is 4.95. The van der Waals surface area contributed by atoms with Gasteiger partial charge in [-0.25, -0.2) is 4.68 Å².